The zero-order chi connectivity index (χ0) is 16.0. The molecule has 2 aromatic rings. The third-order valence-corrected chi connectivity index (χ3v) is 3.46. The number of aromatic nitrogens is 1. The summed E-state index contributed by atoms with van der Waals surface area (Å²) in [6.07, 6.45) is -5.44. The van der Waals surface area contributed by atoms with E-state index in [4.69, 9.17) is 5.11 Å². The molecule has 21 heavy (non-hydrogen) atoms. The van der Waals surface area contributed by atoms with E-state index in [0.717, 1.165) is 0 Å². The minimum atomic E-state index is -5.44. The van der Waals surface area contributed by atoms with Crippen molar-refractivity contribution in [3.05, 3.63) is 35.5 Å². The lowest BCUT2D eigenvalue weighted by Crippen LogP contribution is -2.49. The third kappa shape index (κ3) is 1.98. The molecule has 1 heterocycles. The van der Waals surface area contributed by atoms with Crippen LogP contribution in [0.5, 0.6) is 0 Å². The summed E-state index contributed by atoms with van der Waals surface area (Å²) in [5, 5.41) is 28.1. The molecule has 5 nitrogen and oxygen atoms in total. The molecule has 0 bridgehead atoms. The van der Waals surface area contributed by atoms with E-state index in [9.17, 15) is 28.2 Å². The molecule has 0 aliphatic rings. The molecule has 0 saturated carbocycles. The van der Waals surface area contributed by atoms with Crippen LogP contribution in [0.1, 0.15) is 11.3 Å². The minimum absolute atomic E-state index is 0.0775. The topological polar surface area (TPSA) is 82.7 Å². The van der Waals surface area contributed by atoms with Gasteiger partial charge in [0, 0.05) is 23.5 Å². The lowest BCUT2D eigenvalue weighted by atomic mass is 9.90. The van der Waals surface area contributed by atoms with Gasteiger partial charge in [-0.05, 0) is 6.07 Å². The predicted octanol–water partition coefficient (Wildman–Crippen LogP) is 1.51. The Morgan fingerprint density at radius 1 is 1.29 bits per heavy atom. The van der Waals surface area contributed by atoms with Crippen LogP contribution in [0, 0.1) is 0 Å². The van der Waals surface area contributed by atoms with Gasteiger partial charge in [-0.3, -0.25) is 0 Å². The van der Waals surface area contributed by atoms with Crippen molar-refractivity contribution in [2.75, 3.05) is 0 Å². The average Bonchev–Trinajstić information content (AvgIpc) is 2.69. The monoisotopic (exact) mass is 303 g/mol. The second-order valence-electron chi connectivity index (χ2n) is 4.57. The molecule has 0 amide bonds. The number of aliphatic carboxylic acids is 1. The van der Waals surface area contributed by atoms with Gasteiger partial charge in [0.2, 0.25) is 0 Å². The summed E-state index contributed by atoms with van der Waals surface area (Å²) in [6.45, 7) is -0.841. The first-order valence-corrected chi connectivity index (χ1v) is 5.86. The first-order chi connectivity index (χ1) is 9.66. The van der Waals surface area contributed by atoms with Gasteiger partial charge >= 0.3 is 12.1 Å². The number of hydrogen-bond acceptors (Lipinski definition) is 3. The number of halogens is 3. The normalized spacial score (nSPS) is 15.1. The number of nitrogens with zero attached hydrogens (tertiary/aromatic N) is 1. The van der Waals surface area contributed by atoms with Crippen molar-refractivity contribution in [3.8, 4) is 0 Å². The molecule has 0 aliphatic heterocycles. The maximum absolute atomic E-state index is 13.2. The zero-order valence-electron chi connectivity index (χ0n) is 10.8. The largest absolute Gasteiger partial charge is 0.479 e. The summed E-state index contributed by atoms with van der Waals surface area (Å²) in [5.41, 5.74) is -4.98. The van der Waals surface area contributed by atoms with Crippen molar-refractivity contribution < 1.29 is 33.3 Å². The number of carboxylic acid groups (broad SMARTS) is 1. The number of aryl methyl sites for hydroxylation is 1. The summed E-state index contributed by atoms with van der Waals surface area (Å²) >= 11 is 0. The summed E-state index contributed by atoms with van der Waals surface area (Å²) in [5.74, 6) is -2.44. The number of para-hydroxylation sites is 1. The summed E-state index contributed by atoms with van der Waals surface area (Å²) in [4.78, 5) is 11.1. The lowest BCUT2D eigenvalue weighted by molar-refractivity contribution is -0.265. The molecule has 1 aromatic heterocycles. The molecule has 0 saturated heterocycles. The van der Waals surface area contributed by atoms with Gasteiger partial charge in [0.05, 0.1) is 12.3 Å². The fourth-order valence-corrected chi connectivity index (χ4v) is 2.40. The molecule has 0 radical (unpaired) electrons. The van der Waals surface area contributed by atoms with Crippen molar-refractivity contribution in [2.45, 2.75) is 18.4 Å². The van der Waals surface area contributed by atoms with Crippen LogP contribution >= 0.6 is 0 Å². The number of fused-ring (bicyclic) bond motifs is 1. The molecule has 0 aliphatic carbocycles. The van der Waals surface area contributed by atoms with Gasteiger partial charge in [-0.25, -0.2) is 4.79 Å². The standard InChI is InChI=1S/C13H12F3NO4/c1-17-8-5-3-2-4-7(8)10(9(17)6-18)12(21,11(19)20)13(14,15)16/h2-5,18,21H,6H2,1H3,(H,19,20). The van der Waals surface area contributed by atoms with E-state index in [1.165, 1.54) is 29.8 Å². The summed E-state index contributed by atoms with van der Waals surface area (Å²) in [7, 11) is 1.38. The number of carboxylic acids is 1. The molecule has 8 heteroatoms. The summed E-state index contributed by atoms with van der Waals surface area (Å²) < 4.78 is 40.7. The van der Waals surface area contributed by atoms with Gasteiger partial charge in [-0.15, -0.1) is 0 Å². The molecule has 0 fully saturated rings. The van der Waals surface area contributed by atoms with Crippen LogP contribution in [0.2, 0.25) is 0 Å². The van der Waals surface area contributed by atoms with Gasteiger partial charge < -0.3 is 19.9 Å². The Bertz CT molecular complexity index is 707. The van der Waals surface area contributed by atoms with Crippen LogP contribution in [-0.4, -0.2) is 32.0 Å². The molecule has 0 spiro atoms. The van der Waals surface area contributed by atoms with Gasteiger partial charge in [-0.1, -0.05) is 18.2 Å². The Labute approximate surface area is 116 Å². The Hall–Kier alpha value is -2.06. The zero-order valence-corrected chi connectivity index (χ0v) is 10.8. The highest BCUT2D eigenvalue weighted by Crippen LogP contribution is 2.44. The fourth-order valence-electron chi connectivity index (χ4n) is 2.40. The van der Waals surface area contributed by atoms with Gasteiger partial charge in [0.1, 0.15) is 0 Å². The van der Waals surface area contributed by atoms with E-state index < -0.39 is 29.9 Å². The first kappa shape index (κ1) is 15.3. The molecule has 1 aromatic carbocycles. The van der Waals surface area contributed by atoms with Crippen molar-refractivity contribution in [2.24, 2.45) is 7.05 Å². The molecule has 1 atom stereocenters. The molecular weight excluding hydrogens is 291 g/mol. The highest BCUT2D eigenvalue weighted by molar-refractivity contribution is 5.93. The Kier molecular flexibility index (Phi) is 3.46. The van der Waals surface area contributed by atoms with E-state index in [1.807, 2.05) is 0 Å². The predicted molar refractivity (Wildman–Crippen MR) is 66.4 cm³/mol. The van der Waals surface area contributed by atoms with Crippen LogP contribution in [0.25, 0.3) is 10.9 Å². The first-order valence-electron chi connectivity index (χ1n) is 5.86. The number of hydrogen-bond donors (Lipinski definition) is 3. The molecular formula is C13H12F3NO4. The fraction of sp³-hybridized carbons (Fsp3) is 0.308. The smallest absolute Gasteiger partial charge is 0.432 e. The second-order valence-corrected chi connectivity index (χ2v) is 4.57. The maximum atomic E-state index is 13.2. The minimum Gasteiger partial charge on any atom is -0.479 e. The number of rotatable bonds is 3. The van der Waals surface area contributed by atoms with Crippen molar-refractivity contribution in [1.82, 2.24) is 4.57 Å². The van der Waals surface area contributed by atoms with Crippen LogP contribution in [-0.2, 0) is 24.1 Å². The highest BCUT2D eigenvalue weighted by Gasteiger charge is 2.63. The van der Waals surface area contributed by atoms with Crippen LogP contribution in [0.3, 0.4) is 0 Å². The molecule has 1 unspecified atom stereocenters. The van der Waals surface area contributed by atoms with E-state index in [1.54, 1.807) is 6.07 Å². The van der Waals surface area contributed by atoms with Crippen molar-refractivity contribution in [3.63, 3.8) is 0 Å². The Balaban J connectivity index is 2.96. The number of alkyl halides is 3. The summed E-state index contributed by atoms with van der Waals surface area (Å²) in [6, 6.07) is 5.71. The van der Waals surface area contributed by atoms with Gasteiger partial charge in [0.25, 0.3) is 5.60 Å². The van der Waals surface area contributed by atoms with Crippen LogP contribution < -0.4 is 0 Å². The Morgan fingerprint density at radius 2 is 1.86 bits per heavy atom. The highest BCUT2D eigenvalue weighted by atomic mass is 19.4. The van der Waals surface area contributed by atoms with Crippen molar-refractivity contribution >= 4 is 16.9 Å². The van der Waals surface area contributed by atoms with Crippen LogP contribution in [0.15, 0.2) is 24.3 Å². The quantitative estimate of drug-likeness (QED) is 0.802. The van der Waals surface area contributed by atoms with Gasteiger partial charge in [0.15, 0.2) is 0 Å². The molecule has 114 valence electrons. The van der Waals surface area contributed by atoms with E-state index >= 15 is 0 Å². The lowest BCUT2D eigenvalue weighted by Gasteiger charge is -2.27. The number of aliphatic hydroxyl groups is 2. The maximum Gasteiger partial charge on any atom is 0.432 e. The Morgan fingerprint density at radius 3 is 2.33 bits per heavy atom. The molecule has 2 rings (SSSR count). The number of benzene rings is 1. The number of carbonyl (C=O) groups is 1. The van der Waals surface area contributed by atoms with E-state index in [2.05, 4.69) is 0 Å². The molecule has 3 N–H and O–H groups in total. The van der Waals surface area contributed by atoms with Gasteiger partial charge in [-0.2, -0.15) is 13.2 Å². The second kappa shape index (κ2) is 4.74. The SMILES string of the molecule is Cn1c(CO)c(C(O)(C(=O)O)C(F)(F)F)c2ccccc21. The average molecular weight is 303 g/mol. The van der Waals surface area contributed by atoms with Crippen molar-refractivity contribution in [1.29, 1.82) is 0 Å². The van der Waals surface area contributed by atoms with E-state index in [0.29, 0.717) is 0 Å². The van der Waals surface area contributed by atoms with Crippen LogP contribution in [0.4, 0.5) is 13.2 Å². The van der Waals surface area contributed by atoms with E-state index in [-0.39, 0.29) is 16.6 Å². The third-order valence-electron chi connectivity index (χ3n) is 3.46. The number of aliphatic hydroxyl groups excluding tert-OH is 1.